The van der Waals surface area contributed by atoms with Crippen LogP contribution in [-0.2, 0) is 22.7 Å². The van der Waals surface area contributed by atoms with E-state index in [0.29, 0.717) is 18.0 Å². The summed E-state index contributed by atoms with van der Waals surface area (Å²) in [5, 5.41) is 5.54. The molecule has 162 valence electrons. The van der Waals surface area contributed by atoms with E-state index in [1.54, 1.807) is 26.8 Å². The number of rotatable bonds is 5. The minimum absolute atomic E-state index is 0.199. The van der Waals surface area contributed by atoms with Crippen molar-refractivity contribution in [2.24, 2.45) is 0 Å². The highest BCUT2D eigenvalue weighted by atomic mass is 16.6. The molecule has 2 aliphatic rings. The fourth-order valence-corrected chi connectivity index (χ4v) is 3.60. The standard InChI is InChI=1S/C23H25N3O5/c1-14-19(31-18-7-5-4-6-17(18)30-14)20(27)24-12-15-8-10-16(11-9-15)13-26-21(28)23(2,3)25-22(26)29/h4-11,14,19H,12-13H2,1-3H3,(H,24,27)(H,25,29)/t14-,19-/m0/s1. The number of imide groups is 1. The van der Waals surface area contributed by atoms with Crippen molar-refractivity contribution >= 4 is 17.8 Å². The smallest absolute Gasteiger partial charge is 0.325 e. The zero-order valence-corrected chi connectivity index (χ0v) is 17.7. The molecule has 1 fully saturated rings. The number of hydrogen-bond donors (Lipinski definition) is 2. The van der Waals surface area contributed by atoms with Gasteiger partial charge in [0.15, 0.2) is 11.5 Å². The molecule has 0 bridgehead atoms. The third kappa shape index (κ3) is 4.19. The number of carbonyl (C=O) groups excluding carboxylic acids is 3. The second kappa shape index (κ2) is 7.94. The van der Waals surface area contributed by atoms with Crippen molar-refractivity contribution in [2.75, 3.05) is 0 Å². The molecule has 1 saturated heterocycles. The summed E-state index contributed by atoms with van der Waals surface area (Å²) >= 11 is 0. The number of hydrogen-bond acceptors (Lipinski definition) is 5. The summed E-state index contributed by atoms with van der Waals surface area (Å²) in [6.07, 6.45) is -1.15. The molecule has 0 spiro atoms. The molecule has 4 rings (SSSR count). The van der Waals surface area contributed by atoms with Crippen LogP contribution < -0.4 is 20.1 Å². The monoisotopic (exact) mass is 423 g/mol. The lowest BCUT2D eigenvalue weighted by molar-refractivity contribution is -0.133. The summed E-state index contributed by atoms with van der Waals surface area (Å²) in [5.74, 6) is 0.670. The molecule has 0 unspecified atom stereocenters. The van der Waals surface area contributed by atoms with Crippen LogP contribution in [0.25, 0.3) is 0 Å². The predicted molar refractivity (Wildman–Crippen MR) is 112 cm³/mol. The number of nitrogens with zero attached hydrogens (tertiary/aromatic N) is 1. The minimum atomic E-state index is -0.885. The number of fused-ring (bicyclic) bond motifs is 1. The zero-order valence-electron chi connectivity index (χ0n) is 17.7. The van der Waals surface area contributed by atoms with Crippen molar-refractivity contribution in [3.63, 3.8) is 0 Å². The van der Waals surface area contributed by atoms with Gasteiger partial charge in [0.2, 0.25) is 6.10 Å². The van der Waals surface area contributed by atoms with Crippen molar-refractivity contribution in [1.29, 1.82) is 0 Å². The molecule has 2 aliphatic heterocycles. The largest absolute Gasteiger partial charge is 0.482 e. The zero-order chi connectivity index (χ0) is 22.2. The number of amides is 4. The Morgan fingerprint density at radius 1 is 1.03 bits per heavy atom. The van der Waals surface area contributed by atoms with Crippen LogP contribution in [0.3, 0.4) is 0 Å². The molecular weight excluding hydrogens is 398 g/mol. The molecular formula is C23H25N3O5. The van der Waals surface area contributed by atoms with Crippen LogP contribution in [0.2, 0.25) is 0 Å². The van der Waals surface area contributed by atoms with Gasteiger partial charge in [0.05, 0.1) is 6.54 Å². The second-order valence-corrected chi connectivity index (χ2v) is 8.29. The van der Waals surface area contributed by atoms with E-state index < -0.39 is 23.8 Å². The summed E-state index contributed by atoms with van der Waals surface area (Å²) in [6.45, 7) is 5.68. The fraction of sp³-hybridized carbons (Fsp3) is 0.348. The van der Waals surface area contributed by atoms with E-state index in [2.05, 4.69) is 10.6 Å². The van der Waals surface area contributed by atoms with Crippen molar-refractivity contribution in [1.82, 2.24) is 15.5 Å². The Bertz CT molecular complexity index is 1020. The average Bonchev–Trinajstić information content (AvgIpc) is 2.94. The van der Waals surface area contributed by atoms with Gasteiger partial charge >= 0.3 is 6.03 Å². The maximum Gasteiger partial charge on any atom is 0.325 e. The Labute approximate surface area is 180 Å². The average molecular weight is 423 g/mol. The van der Waals surface area contributed by atoms with Gasteiger partial charge in [-0.2, -0.15) is 0 Å². The number of urea groups is 1. The Morgan fingerprint density at radius 3 is 2.26 bits per heavy atom. The third-order valence-electron chi connectivity index (χ3n) is 5.38. The Morgan fingerprint density at radius 2 is 1.65 bits per heavy atom. The van der Waals surface area contributed by atoms with E-state index in [4.69, 9.17) is 9.47 Å². The molecule has 31 heavy (non-hydrogen) atoms. The van der Waals surface area contributed by atoms with E-state index >= 15 is 0 Å². The Hall–Kier alpha value is -3.55. The molecule has 0 saturated carbocycles. The van der Waals surface area contributed by atoms with Gasteiger partial charge in [-0.3, -0.25) is 14.5 Å². The first-order valence-corrected chi connectivity index (χ1v) is 10.2. The summed E-state index contributed by atoms with van der Waals surface area (Å²) in [6, 6.07) is 14.3. The molecule has 8 heteroatoms. The van der Waals surface area contributed by atoms with Crippen molar-refractivity contribution in [3.05, 3.63) is 59.7 Å². The van der Waals surface area contributed by atoms with E-state index in [0.717, 1.165) is 11.1 Å². The van der Waals surface area contributed by atoms with Gasteiger partial charge in [0.25, 0.3) is 11.8 Å². The number of para-hydroxylation sites is 2. The highest BCUT2D eigenvalue weighted by molar-refractivity contribution is 6.06. The molecule has 8 nitrogen and oxygen atoms in total. The molecule has 0 aromatic heterocycles. The van der Waals surface area contributed by atoms with Crippen LogP contribution in [0.15, 0.2) is 48.5 Å². The van der Waals surface area contributed by atoms with Crippen LogP contribution in [0.1, 0.15) is 31.9 Å². The molecule has 2 N–H and O–H groups in total. The highest BCUT2D eigenvalue weighted by Gasteiger charge is 2.44. The maximum atomic E-state index is 12.6. The first-order valence-electron chi connectivity index (χ1n) is 10.2. The van der Waals surface area contributed by atoms with Crippen molar-refractivity contribution in [2.45, 2.75) is 51.6 Å². The number of benzene rings is 2. The predicted octanol–water partition coefficient (Wildman–Crippen LogP) is 2.36. The number of carbonyl (C=O) groups is 3. The summed E-state index contributed by atoms with van der Waals surface area (Å²) in [4.78, 5) is 38.2. The topological polar surface area (TPSA) is 97.0 Å². The summed E-state index contributed by atoms with van der Waals surface area (Å²) < 4.78 is 11.6. The first-order chi connectivity index (χ1) is 14.7. The molecule has 4 amide bonds. The van der Waals surface area contributed by atoms with E-state index in [1.165, 1.54) is 4.90 Å². The van der Waals surface area contributed by atoms with E-state index in [9.17, 15) is 14.4 Å². The molecule has 2 atom stereocenters. The van der Waals surface area contributed by atoms with Crippen molar-refractivity contribution < 1.29 is 23.9 Å². The molecule has 0 radical (unpaired) electrons. The maximum absolute atomic E-state index is 12.6. The highest BCUT2D eigenvalue weighted by Crippen LogP contribution is 2.33. The van der Waals surface area contributed by atoms with Gasteiger partial charge in [-0.15, -0.1) is 0 Å². The fourth-order valence-electron chi connectivity index (χ4n) is 3.60. The van der Waals surface area contributed by atoms with E-state index in [1.807, 2.05) is 42.5 Å². The van der Waals surface area contributed by atoms with Crippen molar-refractivity contribution in [3.8, 4) is 11.5 Å². The molecule has 2 aromatic carbocycles. The van der Waals surface area contributed by atoms with Crippen LogP contribution >= 0.6 is 0 Å². The second-order valence-electron chi connectivity index (χ2n) is 8.29. The molecule has 2 heterocycles. The lowest BCUT2D eigenvalue weighted by Crippen LogP contribution is -2.48. The lowest BCUT2D eigenvalue weighted by atomic mass is 10.1. The van der Waals surface area contributed by atoms with E-state index in [-0.39, 0.29) is 18.4 Å². The number of nitrogens with one attached hydrogen (secondary N) is 2. The van der Waals surface area contributed by atoms with Gasteiger partial charge in [-0.05, 0) is 44.0 Å². The SMILES string of the molecule is C[C@@H]1Oc2ccccc2O[C@@H]1C(=O)NCc1ccc(CN2C(=O)NC(C)(C)C2=O)cc1. The van der Waals surface area contributed by atoms with Crippen LogP contribution in [0.5, 0.6) is 11.5 Å². The summed E-state index contributed by atoms with van der Waals surface area (Å²) in [5.41, 5.74) is 0.828. The first kappa shape index (κ1) is 20.7. The molecule has 2 aromatic rings. The van der Waals surface area contributed by atoms with Crippen LogP contribution in [-0.4, -0.2) is 40.5 Å². The minimum Gasteiger partial charge on any atom is -0.482 e. The van der Waals surface area contributed by atoms with Gasteiger partial charge in [-0.25, -0.2) is 4.79 Å². The Kier molecular flexibility index (Phi) is 5.31. The van der Waals surface area contributed by atoms with Crippen LogP contribution in [0, 0.1) is 0 Å². The van der Waals surface area contributed by atoms with Gasteiger partial charge < -0.3 is 20.1 Å². The third-order valence-corrected chi connectivity index (χ3v) is 5.38. The van der Waals surface area contributed by atoms with Gasteiger partial charge in [0.1, 0.15) is 11.6 Å². The quantitative estimate of drug-likeness (QED) is 0.720. The molecule has 0 aliphatic carbocycles. The normalized spacial score (nSPS) is 21.6. The van der Waals surface area contributed by atoms with Gasteiger partial charge in [0, 0.05) is 6.54 Å². The number of ether oxygens (including phenoxy) is 2. The van der Waals surface area contributed by atoms with Crippen LogP contribution in [0.4, 0.5) is 4.79 Å². The lowest BCUT2D eigenvalue weighted by Gasteiger charge is -2.31. The Balaban J connectivity index is 1.33. The van der Waals surface area contributed by atoms with Gasteiger partial charge in [-0.1, -0.05) is 36.4 Å². The summed E-state index contributed by atoms with van der Waals surface area (Å²) in [7, 11) is 0.